The largest absolute Gasteiger partial charge is 0.373 e. The predicted molar refractivity (Wildman–Crippen MR) is 98.3 cm³/mol. The summed E-state index contributed by atoms with van der Waals surface area (Å²) >= 11 is 0. The number of nitrogens with zero attached hydrogens (tertiary/aromatic N) is 3. The average molecular weight is 355 g/mol. The number of rotatable bonds is 6. The maximum absolute atomic E-state index is 12.2. The number of fused-ring (bicyclic) bond motifs is 1. The van der Waals surface area contributed by atoms with E-state index in [2.05, 4.69) is 20.9 Å². The third-order valence-corrected chi connectivity index (χ3v) is 6.82. The Balaban J connectivity index is 1.01. The smallest absolute Gasteiger partial charge is 0.225 e. The minimum Gasteiger partial charge on any atom is -0.373 e. The zero-order valence-electron chi connectivity index (χ0n) is 15.4. The Hall–Kier alpha value is -1.46. The molecule has 2 aliphatic carbocycles. The van der Waals surface area contributed by atoms with Gasteiger partial charge in [-0.15, -0.1) is 0 Å². The Labute approximate surface area is 155 Å². The third kappa shape index (κ3) is 3.52. The Morgan fingerprint density at radius 3 is 2.58 bits per heavy atom. The molecule has 5 nitrogen and oxygen atoms in total. The zero-order valence-corrected chi connectivity index (χ0v) is 15.4. The van der Waals surface area contributed by atoms with Gasteiger partial charge in [0, 0.05) is 51.0 Å². The van der Waals surface area contributed by atoms with Crippen LogP contribution in [0.25, 0.3) is 0 Å². The van der Waals surface area contributed by atoms with Crippen molar-refractivity contribution in [1.29, 1.82) is 0 Å². The van der Waals surface area contributed by atoms with Gasteiger partial charge in [0.05, 0.1) is 12.7 Å². The maximum atomic E-state index is 12.2. The molecule has 4 aliphatic rings. The maximum Gasteiger partial charge on any atom is 0.225 e. The molecule has 3 heterocycles. The van der Waals surface area contributed by atoms with Gasteiger partial charge in [0.25, 0.3) is 0 Å². The van der Waals surface area contributed by atoms with Crippen molar-refractivity contribution in [1.82, 2.24) is 14.8 Å². The molecule has 2 aliphatic heterocycles. The van der Waals surface area contributed by atoms with Gasteiger partial charge in [-0.1, -0.05) is 6.07 Å². The van der Waals surface area contributed by atoms with Crippen LogP contribution in [0.3, 0.4) is 0 Å². The molecule has 2 saturated heterocycles. The molecule has 2 saturated carbocycles. The van der Waals surface area contributed by atoms with Crippen LogP contribution in [-0.2, 0) is 16.1 Å². The SMILES string of the molecule is O=C(C1CC1)N1C[C@@H]2C(CN3CCC(OCc4cccnc4)CC3)[C@@H]2C1. The van der Waals surface area contributed by atoms with E-state index in [4.69, 9.17) is 4.74 Å². The number of hydrogen-bond acceptors (Lipinski definition) is 4. The van der Waals surface area contributed by atoms with Crippen molar-refractivity contribution in [2.75, 3.05) is 32.7 Å². The van der Waals surface area contributed by atoms with Gasteiger partial charge < -0.3 is 14.5 Å². The number of likely N-dealkylation sites (tertiary alicyclic amines) is 2. The van der Waals surface area contributed by atoms with Gasteiger partial charge >= 0.3 is 0 Å². The fraction of sp³-hybridized carbons (Fsp3) is 0.714. The number of carbonyl (C=O) groups is 1. The Morgan fingerprint density at radius 1 is 1.15 bits per heavy atom. The molecule has 0 N–H and O–H groups in total. The highest BCUT2D eigenvalue weighted by Gasteiger charge is 2.57. The number of amides is 1. The molecule has 3 atom stereocenters. The lowest BCUT2D eigenvalue weighted by Gasteiger charge is -2.32. The predicted octanol–water partition coefficient (Wildman–Crippen LogP) is 2.18. The van der Waals surface area contributed by atoms with Crippen LogP contribution in [0, 0.1) is 23.7 Å². The van der Waals surface area contributed by atoms with Crippen LogP contribution in [0.15, 0.2) is 24.5 Å². The molecular weight excluding hydrogens is 326 g/mol. The Bertz CT molecular complexity index is 628. The molecule has 1 aromatic heterocycles. The summed E-state index contributed by atoms with van der Waals surface area (Å²) in [6, 6.07) is 4.04. The highest BCUT2D eigenvalue weighted by atomic mass is 16.5. The first-order valence-electron chi connectivity index (χ1n) is 10.3. The molecule has 0 bridgehead atoms. The van der Waals surface area contributed by atoms with Crippen molar-refractivity contribution >= 4 is 5.91 Å². The lowest BCUT2D eigenvalue weighted by Crippen LogP contribution is -2.40. The molecule has 140 valence electrons. The summed E-state index contributed by atoms with van der Waals surface area (Å²) in [6.07, 6.45) is 8.60. The van der Waals surface area contributed by atoms with Crippen LogP contribution in [0.5, 0.6) is 0 Å². The van der Waals surface area contributed by atoms with Crippen LogP contribution in [-0.4, -0.2) is 59.5 Å². The van der Waals surface area contributed by atoms with E-state index in [1.165, 1.54) is 6.54 Å². The van der Waals surface area contributed by atoms with E-state index in [0.29, 0.717) is 24.5 Å². The number of hydrogen-bond donors (Lipinski definition) is 0. The van der Waals surface area contributed by atoms with E-state index in [0.717, 1.165) is 75.2 Å². The fourth-order valence-corrected chi connectivity index (χ4v) is 4.94. The van der Waals surface area contributed by atoms with Crippen LogP contribution < -0.4 is 0 Å². The third-order valence-electron chi connectivity index (χ3n) is 6.82. The fourth-order valence-electron chi connectivity index (χ4n) is 4.94. The number of aromatic nitrogens is 1. The minimum atomic E-state index is 0.386. The lowest BCUT2D eigenvalue weighted by atomic mass is 10.1. The molecule has 1 aromatic rings. The zero-order chi connectivity index (χ0) is 17.5. The van der Waals surface area contributed by atoms with Gasteiger partial charge in [0.15, 0.2) is 0 Å². The van der Waals surface area contributed by atoms with E-state index < -0.39 is 0 Å². The Morgan fingerprint density at radius 2 is 1.92 bits per heavy atom. The first-order valence-corrected chi connectivity index (χ1v) is 10.3. The van der Waals surface area contributed by atoms with E-state index in [1.807, 2.05) is 12.3 Å². The second-order valence-corrected chi connectivity index (χ2v) is 8.68. The van der Waals surface area contributed by atoms with E-state index in [1.54, 1.807) is 6.20 Å². The summed E-state index contributed by atoms with van der Waals surface area (Å²) in [5.74, 6) is 3.25. The van der Waals surface area contributed by atoms with Crippen molar-refractivity contribution in [3.63, 3.8) is 0 Å². The Kier molecular flexibility index (Phi) is 4.45. The van der Waals surface area contributed by atoms with Crippen molar-refractivity contribution in [2.45, 2.75) is 38.4 Å². The van der Waals surface area contributed by atoms with Gasteiger partial charge in [-0.2, -0.15) is 0 Å². The van der Waals surface area contributed by atoms with Crippen molar-refractivity contribution in [3.8, 4) is 0 Å². The van der Waals surface area contributed by atoms with Crippen LogP contribution in [0.4, 0.5) is 0 Å². The molecule has 4 fully saturated rings. The minimum absolute atomic E-state index is 0.386. The van der Waals surface area contributed by atoms with E-state index in [9.17, 15) is 4.79 Å². The summed E-state index contributed by atoms with van der Waals surface area (Å²) in [4.78, 5) is 21.1. The van der Waals surface area contributed by atoms with Gasteiger partial charge in [-0.3, -0.25) is 9.78 Å². The van der Waals surface area contributed by atoms with Gasteiger partial charge in [0.2, 0.25) is 5.91 Å². The van der Waals surface area contributed by atoms with E-state index >= 15 is 0 Å². The number of carbonyl (C=O) groups excluding carboxylic acids is 1. The second-order valence-electron chi connectivity index (χ2n) is 8.68. The topological polar surface area (TPSA) is 45.7 Å². The van der Waals surface area contributed by atoms with Crippen molar-refractivity contribution in [2.24, 2.45) is 23.7 Å². The average Bonchev–Trinajstić information content (AvgIpc) is 3.59. The first kappa shape index (κ1) is 16.7. The summed E-state index contributed by atoms with van der Waals surface area (Å²) < 4.78 is 6.07. The normalized spacial score (nSPS) is 31.8. The second kappa shape index (κ2) is 6.93. The molecule has 0 radical (unpaired) electrons. The summed E-state index contributed by atoms with van der Waals surface area (Å²) in [6.45, 7) is 6.29. The van der Waals surface area contributed by atoms with Gasteiger partial charge in [-0.25, -0.2) is 0 Å². The standard InChI is InChI=1S/C21H29N3O2/c25-21(16-3-4-16)24-12-19-18(20(19)13-24)11-23-8-5-17(6-9-23)26-14-15-2-1-7-22-10-15/h1-2,7,10,16-20H,3-6,8-9,11-14H2/t18?,19-,20+. The molecule has 5 heteroatoms. The number of piperidine rings is 2. The summed E-state index contributed by atoms with van der Waals surface area (Å²) in [5, 5.41) is 0. The number of pyridine rings is 1. The lowest BCUT2D eigenvalue weighted by molar-refractivity contribution is -0.132. The molecular formula is C21H29N3O2. The molecule has 26 heavy (non-hydrogen) atoms. The van der Waals surface area contributed by atoms with Crippen molar-refractivity contribution in [3.05, 3.63) is 30.1 Å². The molecule has 1 unspecified atom stereocenters. The van der Waals surface area contributed by atoms with E-state index in [-0.39, 0.29) is 0 Å². The summed E-state index contributed by atoms with van der Waals surface area (Å²) in [5.41, 5.74) is 1.16. The summed E-state index contributed by atoms with van der Waals surface area (Å²) in [7, 11) is 0. The van der Waals surface area contributed by atoms with Crippen molar-refractivity contribution < 1.29 is 9.53 Å². The van der Waals surface area contributed by atoms with Crippen LogP contribution in [0.2, 0.25) is 0 Å². The quantitative estimate of drug-likeness (QED) is 0.785. The molecule has 1 amide bonds. The first-order chi connectivity index (χ1) is 12.8. The highest BCUT2D eigenvalue weighted by molar-refractivity contribution is 5.81. The molecule has 5 rings (SSSR count). The number of ether oxygens (including phenoxy) is 1. The molecule has 0 aromatic carbocycles. The molecule has 0 spiro atoms. The van der Waals surface area contributed by atoms with Crippen LogP contribution >= 0.6 is 0 Å². The van der Waals surface area contributed by atoms with Gasteiger partial charge in [-0.05, 0) is 55.1 Å². The van der Waals surface area contributed by atoms with Gasteiger partial charge in [0.1, 0.15) is 0 Å². The van der Waals surface area contributed by atoms with Crippen LogP contribution in [0.1, 0.15) is 31.2 Å². The highest BCUT2D eigenvalue weighted by Crippen LogP contribution is 2.53. The monoisotopic (exact) mass is 355 g/mol.